The molecule has 3 heterocycles. The summed E-state index contributed by atoms with van der Waals surface area (Å²) in [5.74, 6) is -0.0948. The molecule has 0 atom stereocenters. The van der Waals surface area contributed by atoms with Crippen LogP contribution in [0.25, 0.3) is 10.3 Å². The Morgan fingerprint density at radius 3 is 2.60 bits per heavy atom. The Bertz CT molecular complexity index is 1640. The third-order valence-electron chi connectivity index (χ3n) is 6.01. The minimum absolute atomic E-state index is 0.0359. The molecule has 1 amide bonds. The maximum absolute atomic E-state index is 13.4. The van der Waals surface area contributed by atoms with Crippen molar-refractivity contribution in [3.8, 4) is 5.88 Å². The predicted octanol–water partition coefficient (Wildman–Crippen LogP) is 2.86. The lowest BCUT2D eigenvalue weighted by atomic mass is 10.1. The average molecular weight is 584 g/mol. The summed E-state index contributed by atoms with van der Waals surface area (Å²) in [7, 11) is 2.34. The van der Waals surface area contributed by atoms with E-state index in [2.05, 4.69) is 25.5 Å². The van der Waals surface area contributed by atoms with Gasteiger partial charge in [-0.05, 0) is 51.2 Å². The molecule has 14 heteroatoms. The molecular formula is C26H29N7O5S2. The summed E-state index contributed by atoms with van der Waals surface area (Å²) in [4.78, 5) is 30.6. The van der Waals surface area contributed by atoms with Crippen molar-refractivity contribution in [1.82, 2.24) is 24.6 Å². The molecule has 1 saturated carbocycles. The number of aromatic nitrogens is 4. The van der Waals surface area contributed by atoms with Crippen molar-refractivity contribution >= 4 is 48.3 Å². The second kappa shape index (κ2) is 11.7. The maximum atomic E-state index is 13.4. The summed E-state index contributed by atoms with van der Waals surface area (Å²) in [6, 6.07) is 11.4. The molecule has 40 heavy (non-hydrogen) atoms. The fourth-order valence-electron chi connectivity index (χ4n) is 3.72. The number of rotatable bonds is 12. The number of oxime groups is 1. The molecule has 4 aromatic rings. The van der Waals surface area contributed by atoms with Crippen LogP contribution >= 0.6 is 11.3 Å². The van der Waals surface area contributed by atoms with Gasteiger partial charge in [-0.2, -0.15) is 5.10 Å². The van der Waals surface area contributed by atoms with Gasteiger partial charge in [-0.25, -0.2) is 18.4 Å². The molecular weight excluding hydrogens is 554 g/mol. The van der Waals surface area contributed by atoms with Crippen LogP contribution in [0.5, 0.6) is 5.88 Å². The highest BCUT2D eigenvalue weighted by Gasteiger charge is 2.36. The maximum Gasteiger partial charge on any atom is 0.280 e. The summed E-state index contributed by atoms with van der Waals surface area (Å²) < 4.78 is 32.6. The monoisotopic (exact) mass is 583 g/mol. The van der Waals surface area contributed by atoms with Gasteiger partial charge in [0.2, 0.25) is 5.88 Å². The van der Waals surface area contributed by atoms with Gasteiger partial charge in [0.1, 0.15) is 22.6 Å². The number of hydrogen-bond donors (Lipinski definition) is 1. The van der Waals surface area contributed by atoms with Crippen molar-refractivity contribution in [3.05, 3.63) is 59.9 Å². The van der Waals surface area contributed by atoms with Crippen LogP contribution in [0.3, 0.4) is 0 Å². The van der Waals surface area contributed by atoms with Crippen LogP contribution in [0.1, 0.15) is 24.1 Å². The van der Waals surface area contributed by atoms with Crippen molar-refractivity contribution in [3.63, 3.8) is 0 Å². The van der Waals surface area contributed by atoms with E-state index in [1.165, 1.54) is 23.5 Å². The smallest absolute Gasteiger partial charge is 0.280 e. The highest BCUT2D eigenvalue weighted by molar-refractivity contribution is 7.92. The lowest BCUT2D eigenvalue weighted by Gasteiger charge is -2.09. The van der Waals surface area contributed by atoms with Gasteiger partial charge in [0.15, 0.2) is 27.3 Å². The molecule has 3 aromatic heterocycles. The first-order valence-electron chi connectivity index (χ1n) is 12.6. The van der Waals surface area contributed by atoms with Gasteiger partial charge >= 0.3 is 0 Å². The summed E-state index contributed by atoms with van der Waals surface area (Å²) in [5, 5.41) is 11.1. The predicted molar refractivity (Wildman–Crippen MR) is 151 cm³/mol. The SMILES string of the molecule is CN(C)CCOc1ccc2nc(NC(=O)/C(=N/OCc3ccn(C)n3)c3ccc(S(=O)(=O)C4CC4)cc3)sc2n1. The molecule has 0 aliphatic heterocycles. The van der Waals surface area contributed by atoms with Crippen LogP contribution in [0.2, 0.25) is 0 Å². The van der Waals surface area contributed by atoms with E-state index in [0.717, 1.165) is 6.54 Å². The van der Waals surface area contributed by atoms with E-state index < -0.39 is 15.7 Å². The van der Waals surface area contributed by atoms with Gasteiger partial charge in [-0.15, -0.1) is 0 Å². The van der Waals surface area contributed by atoms with Crippen LogP contribution in [-0.2, 0) is 33.1 Å². The molecule has 0 bridgehead atoms. The van der Waals surface area contributed by atoms with Crippen LogP contribution in [0, 0.1) is 0 Å². The van der Waals surface area contributed by atoms with Crippen molar-refractivity contribution < 1.29 is 22.8 Å². The molecule has 12 nitrogen and oxygen atoms in total. The molecule has 1 fully saturated rings. The zero-order valence-electron chi connectivity index (χ0n) is 22.3. The van der Waals surface area contributed by atoms with Crippen LogP contribution in [0.15, 0.2) is 58.7 Å². The first-order chi connectivity index (χ1) is 19.2. The van der Waals surface area contributed by atoms with Crippen molar-refractivity contribution in [2.75, 3.05) is 32.6 Å². The first-order valence-corrected chi connectivity index (χ1v) is 14.9. The molecule has 5 rings (SSSR count). The van der Waals surface area contributed by atoms with Crippen molar-refractivity contribution in [1.29, 1.82) is 0 Å². The molecule has 210 valence electrons. The van der Waals surface area contributed by atoms with Gasteiger partial charge in [0.05, 0.1) is 10.1 Å². The fourth-order valence-corrected chi connectivity index (χ4v) is 6.21. The zero-order chi connectivity index (χ0) is 28.3. The third kappa shape index (κ3) is 6.63. The number of likely N-dealkylation sites (N-methyl/N-ethyl adjacent to an activating group) is 1. The number of carbonyl (C=O) groups is 1. The van der Waals surface area contributed by atoms with E-state index in [9.17, 15) is 13.2 Å². The number of nitrogens with one attached hydrogen (secondary N) is 1. The number of aryl methyl sites for hydroxylation is 1. The Labute approximate surface area is 235 Å². The number of nitrogens with zero attached hydrogens (tertiary/aromatic N) is 6. The van der Waals surface area contributed by atoms with Gasteiger partial charge in [0, 0.05) is 31.4 Å². The third-order valence-corrected chi connectivity index (χ3v) is 9.17. The average Bonchev–Trinajstić information content (AvgIpc) is 3.60. The van der Waals surface area contributed by atoms with Crippen LogP contribution in [0.4, 0.5) is 5.13 Å². The number of hydrogen-bond acceptors (Lipinski definition) is 11. The van der Waals surface area contributed by atoms with E-state index in [-0.39, 0.29) is 22.5 Å². The van der Waals surface area contributed by atoms with E-state index >= 15 is 0 Å². The number of thiazole rings is 1. The standard InChI is InChI=1S/C26H29N7O5S2/c1-32(2)14-15-37-22-11-10-21-25(28-22)39-26(27-21)29-24(34)23(31-38-16-18-12-13-33(3)30-18)17-4-6-19(7-5-17)40(35,36)20-8-9-20/h4-7,10-13,20H,8-9,14-16H2,1-3H3,(H,27,29,34)/b31-23+. The molecule has 1 N–H and O–H groups in total. The molecule has 0 spiro atoms. The summed E-state index contributed by atoms with van der Waals surface area (Å²) in [6.07, 6.45) is 3.11. The molecule has 1 aromatic carbocycles. The fraction of sp³-hybridized carbons (Fsp3) is 0.346. The largest absolute Gasteiger partial charge is 0.476 e. The van der Waals surface area contributed by atoms with E-state index in [0.29, 0.717) is 52.1 Å². The second-order valence-corrected chi connectivity index (χ2v) is 12.8. The molecule has 0 saturated heterocycles. The van der Waals surface area contributed by atoms with Gasteiger partial charge in [-0.1, -0.05) is 28.6 Å². The van der Waals surface area contributed by atoms with Crippen LogP contribution in [-0.4, -0.2) is 77.2 Å². The second-order valence-electron chi connectivity index (χ2n) is 9.56. The molecule has 0 radical (unpaired) electrons. The minimum Gasteiger partial charge on any atom is -0.476 e. The van der Waals surface area contributed by atoms with Gasteiger partial charge in [-0.3, -0.25) is 14.8 Å². The van der Waals surface area contributed by atoms with E-state index in [1.54, 1.807) is 48.3 Å². The number of ether oxygens (including phenoxy) is 1. The molecule has 1 aliphatic rings. The number of anilines is 1. The minimum atomic E-state index is -3.37. The number of carbonyl (C=O) groups excluding carboxylic acids is 1. The molecule has 0 unspecified atom stereocenters. The van der Waals surface area contributed by atoms with Crippen molar-refractivity contribution in [2.24, 2.45) is 12.2 Å². The number of sulfone groups is 1. The summed E-state index contributed by atoms with van der Waals surface area (Å²) in [6.45, 7) is 1.29. The quantitative estimate of drug-likeness (QED) is 0.197. The highest BCUT2D eigenvalue weighted by Crippen LogP contribution is 2.33. The molecule has 1 aliphatic carbocycles. The van der Waals surface area contributed by atoms with E-state index in [4.69, 9.17) is 9.57 Å². The number of benzene rings is 1. The highest BCUT2D eigenvalue weighted by atomic mass is 32.2. The van der Waals surface area contributed by atoms with Gasteiger partial charge < -0.3 is 14.5 Å². The van der Waals surface area contributed by atoms with E-state index in [1.807, 2.05) is 19.0 Å². The number of amides is 1. The topological polar surface area (TPSA) is 141 Å². The summed E-state index contributed by atoms with van der Waals surface area (Å²) in [5.41, 5.74) is 1.60. The Balaban J connectivity index is 1.35. The van der Waals surface area contributed by atoms with Crippen LogP contribution < -0.4 is 10.1 Å². The number of pyridine rings is 1. The Morgan fingerprint density at radius 2 is 1.93 bits per heavy atom. The Morgan fingerprint density at radius 1 is 1.15 bits per heavy atom. The van der Waals surface area contributed by atoms with Crippen molar-refractivity contribution in [2.45, 2.75) is 29.6 Å². The lowest BCUT2D eigenvalue weighted by Crippen LogP contribution is -2.24. The Kier molecular flexibility index (Phi) is 8.09. The zero-order valence-corrected chi connectivity index (χ0v) is 23.9. The normalized spacial score (nSPS) is 14.1. The Hall–Kier alpha value is -3.88. The number of fused-ring (bicyclic) bond motifs is 1. The lowest BCUT2D eigenvalue weighted by molar-refractivity contribution is -0.110. The van der Waals surface area contributed by atoms with Gasteiger partial charge in [0.25, 0.3) is 5.91 Å². The first kappa shape index (κ1) is 27.7. The summed E-state index contributed by atoms with van der Waals surface area (Å²) >= 11 is 1.20.